The fraction of sp³-hybridized carbons (Fsp3) is 0.280. The number of benzene rings is 2. The van der Waals surface area contributed by atoms with E-state index in [0.717, 1.165) is 24.6 Å². The van der Waals surface area contributed by atoms with Gasteiger partial charge < -0.3 is 19.0 Å². The van der Waals surface area contributed by atoms with Crippen molar-refractivity contribution in [1.82, 2.24) is 9.80 Å². The number of halogens is 1. The maximum atomic E-state index is 13.9. The molecule has 1 atom stereocenters. The molecule has 7 heteroatoms. The Morgan fingerprint density at radius 2 is 2.03 bits per heavy atom. The number of nitrogens with zero attached hydrogens (tertiary/aromatic N) is 2. The van der Waals surface area contributed by atoms with E-state index in [2.05, 4.69) is 6.58 Å². The van der Waals surface area contributed by atoms with Gasteiger partial charge in [0.2, 0.25) is 5.76 Å². The lowest BCUT2D eigenvalue weighted by Crippen LogP contribution is -2.32. The van der Waals surface area contributed by atoms with Crippen LogP contribution in [-0.2, 0) is 0 Å². The molecule has 0 radical (unpaired) electrons. The van der Waals surface area contributed by atoms with E-state index in [9.17, 15) is 14.0 Å². The van der Waals surface area contributed by atoms with Crippen LogP contribution in [0.25, 0.3) is 11.0 Å². The Labute approximate surface area is 185 Å². The van der Waals surface area contributed by atoms with Crippen molar-refractivity contribution >= 4 is 16.9 Å². The fourth-order valence-corrected chi connectivity index (χ4v) is 4.06. The van der Waals surface area contributed by atoms with Gasteiger partial charge in [-0.25, -0.2) is 4.39 Å². The summed E-state index contributed by atoms with van der Waals surface area (Å²) in [5.41, 5.74) is 0.762. The average molecular weight is 436 g/mol. The van der Waals surface area contributed by atoms with Crippen molar-refractivity contribution < 1.29 is 18.3 Å². The maximum absolute atomic E-state index is 13.9. The molecule has 1 aliphatic heterocycles. The van der Waals surface area contributed by atoms with Gasteiger partial charge in [0.25, 0.3) is 5.91 Å². The third-order valence-electron chi connectivity index (χ3n) is 5.47. The number of rotatable bonds is 8. The smallest absolute Gasteiger partial charge is 0.290 e. The minimum absolute atomic E-state index is 0.0152. The van der Waals surface area contributed by atoms with Crippen molar-refractivity contribution in [3.8, 4) is 5.75 Å². The largest absolute Gasteiger partial charge is 0.490 e. The SMILES string of the molecule is C=CCOc1cccc([C@H]2c3c(oc4ccc(F)cc4c3=O)C(=O)N2CCCN(C)C)c1. The normalized spacial score (nSPS) is 15.4. The number of carbonyl (C=O) groups excluding carboxylic acids is 1. The number of amides is 1. The van der Waals surface area contributed by atoms with Crippen LogP contribution >= 0.6 is 0 Å². The highest BCUT2D eigenvalue weighted by Gasteiger charge is 2.42. The Bertz CT molecular complexity index is 1230. The van der Waals surface area contributed by atoms with E-state index in [-0.39, 0.29) is 28.2 Å². The predicted molar refractivity (Wildman–Crippen MR) is 121 cm³/mol. The van der Waals surface area contributed by atoms with Gasteiger partial charge in [-0.05, 0) is 63.0 Å². The van der Waals surface area contributed by atoms with Gasteiger partial charge in [-0.15, -0.1) is 0 Å². The minimum atomic E-state index is -0.643. The topological polar surface area (TPSA) is 63.0 Å². The summed E-state index contributed by atoms with van der Waals surface area (Å²) in [5.74, 6) is -0.257. The van der Waals surface area contributed by atoms with E-state index >= 15 is 0 Å². The molecule has 0 saturated carbocycles. The molecule has 3 aromatic rings. The molecule has 2 aromatic carbocycles. The zero-order valence-corrected chi connectivity index (χ0v) is 18.1. The molecular formula is C25H25FN2O4. The van der Waals surface area contributed by atoms with E-state index in [1.54, 1.807) is 17.0 Å². The molecule has 0 fully saturated rings. The average Bonchev–Trinajstić information content (AvgIpc) is 3.05. The highest BCUT2D eigenvalue weighted by Crippen LogP contribution is 2.39. The minimum Gasteiger partial charge on any atom is -0.490 e. The lowest BCUT2D eigenvalue weighted by atomic mass is 9.98. The number of hydrogen-bond acceptors (Lipinski definition) is 5. The number of hydrogen-bond donors (Lipinski definition) is 0. The summed E-state index contributed by atoms with van der Waals surface area (Å²) in [5, 5.41) is 0.121. The third-order valence-corrected chi connectivity index (χ3v) is 5.47. The van der Waals surface area contributed by atoms with Crippen LogP contribution in [0.2, 0.25) is 0 Å². The molecule has 6 nitrogen and oxygen atoms in total. The Morgan fingerprint density at radius 3 is 2.78 bits per heavy atom. The molecule has 0 N–H and O–H groups in total. The Hall–Kier alpha value is -3.45. The molecule has 0 bridgehead atoms. The maximum Gasteiger partial charge on any atom is 0.290 e. The predicted octanol–water partition coefficient (Wildman–Crippen LogP) is 3.99. The van der Waals surface area contributed by atoms with Crippen molar-refractivity contribution in [3.05, 3.63) is 88.0 Å². The molecule has 2 heterocycles. The first-order chi connectivity index (χ1) is 15.4. The Morgan fingerprint density at radius 1 is 1.22 bits per heavy atom. The zero-order valence-electron chi connectivity index (χ0n) is 18.1. The highest BCUT2D eigenvalue weighted by molar-refractivity contribution is 5.99. The summed E-state index contributed by atoms with van der Waals surface area (Å²) in [6.45, 7) is 5.21. The molecule has 0 saturated heterocycles. The van der Waals surface area contributed by atoms with Gasteiger partial charge in [0.1, 0.15) is 23.8 Å². The number of ether oxygens (including phenoxy) is 1. The van der Waals surface area contributed by atoms with E-state index in [1.807, 2.05) is 37.2 Å². The molecule has 0 unspecified atom stereocenters. The van der Waals surface area contributed by atoms with Crippen LogP contribution in [0.3, 0.4) is 0 Å². The van der Waals surface area contributed by atoms with Crippen LogP contribution in [0, 0.1) is 5.82 Å². The number of fused-ring (bicyclic) bond motifs is 2. The molecule has 1 aromatic heterocycles. The lowest BCUT2D eigenvalue weighted by Gasteiger charge is -2.26. The molecule has 0 aliphatic carbocycles. The van der Waals surface area contributed by atoms with Crippen LogP contribution in [0.5, 0.6) is 5.75 Å². The first-order valence-electron chi connectivity index (χ1n) is 10.5. The van der Waals surface area contributed by atoms with Crippen LogP contribution in [0.4, 0.5) is 4.39 Å². The van der Waals surface area contributed by atoms with Gasteiger partial charge in [0.05, 0.1) is 17.0 Å². The standard InChI is InChI=1S/C25H25FN2O4/c1-4-13-31-18-8-5-7-16(14-18)22-21-23(29)19-15-17(26)9-10-20(19)32-24(21)25(30)28(22)12-6-11-27(2)3/h4-5,7-10,14-15,22H,1,6,11-13H2,2-3H3/t22-/m0/s1. The summed E-state index contributed by atoms with van der Waals surface area (Å²) >= 11 is 0. The van der Waals surface area contributed by atoms with Crippen molar-refractivity contribution in [2.75, 3.05) is 33.8 Å². The zero-order chi connectivity index (χ0) is 22.8. The summed E-state index contributed by atoms with van der Waals surface area (Å²) in [7, 11) is 3.93. The van der Waals surface area contributed by atoms with Crippen LogP contribution in [0.15, 0.2) is 64.3 Å². The summed E-state index contributed by atoms with van der Waals surface area (Å²) in [4.78, 5) is 30.5. The highest BCUT2D eigenvalue weighted by atomic mass is 19.1. The van der Waals surface area contributed by atoms with Crippen LogP contribution in [-0.4, -0.2) is 49.5 Å². The summed E-state index contributed by atoms with van der Waals surface area (Å²) in [6, 6.07) is 10.4. The van der Waals surface area contributed by atoms with Crippen molar-refractivity contribution in [3.63, 3.8) is 0 Å². The summed E-state index contributed by atoms with van der Waals surface area (Å²) < 4.78 is 25.4. The summed E-state index contributed by atoms with van der Waals surface area (Å²) in [6.07, 6.45) is 2.36. The first-order valence-corrected chi connectivity index (χ1v) is 10.5. The quantitative estimate of drug-likeness (QED) is 0.500. The van der Waals surface area contributed by atoms with Crippen molar-refractivity contribution in [1.29, 1.82) is 0 Å². The van der Waals surface area contributed by atoms with Crippen molar-refractivity contribution in [2.45, 2.75) is 12.5 Å². The lowest BCUT2D eigenvalue weighted by molar-refractivity contribution is 0.0722. The van der Waals surface area contributed by atoms with Gasteiger partial charge in [0, 0.05) is 6.54 Å². The molecule has 0 spiro atoms. The van der Waals surface area contributed by atoms with E-state index in [4.69, 9.17) is 9.15 Å². The Balaban J connectivity index is 1.85. The van der Waals surface area contributed by atoms with Gasteiger partial charge in [-0.1, -0.05) is 24.8 Å². The second-order valence-corrected chi connectivity index (χ2v) is 8.04. The molecular weight excluding hydrogens is 411 g/mol. The second kappa shape index (κ2) is 8.96. The van der Waals surface area contributed by atoms with E-state index < -0.39 is 17.3 Å². The fourth-order valence-electron chi connectivity index (χ4n) is 4.06. The van der Waals surface area contributed by atoms with Gasteiger partial charge >= 0.3 is 0 Å². The van der Waals surface area contributed by atoms with Crippen LogP contribution < -0.4 is 10.2 Å². The Kier molecular flexibility index (Phi) is 6.10. The van der Waals surface area contributed by atoms with E-state index in [1.165, 1.54) is 12.1 Å². The molecule has 1 amide bonds. The first kappa shape index (κ1) is 21.8. The van der Waals surface area contributed by atoms with Gasteiger partial charge in [-0.3, -0.25) is 9.59 Å². The van der Waals surface area contributed by atoms with E-state index in [0.29, 0.717) is 18.9 Å². The second-order valence-electron chi connectivity index (χ2n) is 8.04. The van der Waals surface area contributed by atoms with Gasteiger partial charge in [-0.2, -0.15) is 0 Å². The molecule has 166 valence electrons. The third kappa shape index (κ3) is 4.03. The molecule has 32 heavy (non-hydrogen) atoms. The van der Waals surface area contributed by atoms with Crippen molar-refractivity contribution in [2.24, 2.45) is 0 Å². The van der Waals surface area contributed by atoms with Crippen LogP contribution in [0.1, 0.15) is 34.1 Å². The van der Waals surface area contributed by atoms with Gasteiger partial charge in [0.15, 0.2) is 5.43 Å². The number of carbonyl (C=O) groups is 1. The molecule has 4 rings (SSSR count). The monoisotopic (exact) mass is 436 g/mol. The molecule has 1 aliphatic rings.